The van der Waals surface area contributed by atoms with Gasteiger partial charge in [-0.15, -0.1) is 0 Å². The average Bonchev–Trinajstić information content (AvgIpc) is 2.59. The molecule has 1 saturated heterocycles. The van der Waals surface area contributed by atoms with Gasteiger partial charge < -0.3 is 18.8 Å². The van der Waals surface area contributed by atoms with Crippen LogP contribution in [0.4, 0.5) is 0 Å². The zero-order chi connectivity index (χ0) is 15.7. The predicted octanol–water partition coefficient (Wildman–Crippen LogP) is 2.40. The van der Waals surface area contributed by atoms with E-state index in [1.165, 1.54) is 0 Å². The van der Waals surface area contributed by atoms with Crippen LogP contribution in [0.1, 0.15) is 34.6 Å². The van der Waals surface area contributed by atoms with Gasteiger partial charge in [-0.1, -0.05) is 12.1 Å². The molecule has 5 heteroatoms. The van der Waals surface area contributed by atoms with Crippen molar-refractivity contribution in [1.82, 2.24) is 0 Å². The molecule has 1 aliphatic rings. The van der Waals surface area contributed by atoms with Gasteiger partial charge in [-0.2, -0.15) is 0 Å². The normalized spacial score (nSPS) is 21.3. The summed E-state index contributed by atoms with van der Waals surface area (Å²) >= 11 is 0. The van der Waals surface area contributed by atoms with Gasteiger partial charge in [-0.25, -0.2) is 0 Å². The largest absolute Gasteiger partial charge is 0.494 e. The van der Waals surface area contributed by atoms with Gasteiger partial charge in [0.15, 0.2) is 0 Å². The molecule has 0 spiro atoms. The van der Waals surface area contributed by atoms with Crippen LogP contribution in [0, 0.1) is 0 Å². The molecule has 0 unspecified atom stereocenters. The molecule has 1 aromatic rings. The van der Waals surface area contributed by atoms with Crippen molar-refractivity contribution in [1.29, 1.82) is 0 Å². The molecule has 0 bridgehead atoms. The van der Waals surface area contributed by atoms with Gasteiger partial charge in [0.2, 0.25) is 0 Å². The fourth-order valence-electron chi connectivity index (χ4n) is 2.18. The summed E-state index contributed by atoms with van der Waals surface area (Å²) in [5.74, 6) is 0.819. The summed E-state index contributed by atoms with van der Waals surface area (Å²) < 4.78 is 22.9. The molecule has 0 N–H and O–H groups in total. The molecule has 0 aromatic heterocycles. The molecule has 0 amide bonds. The fourth-order valence-corrected chi connectivity index (χ4v) is 2.18. The highest BCUT2D eigenvalue weighted by atomic mass is 16.7. The third-order valence-electron chi connectivity index (χ3n) is 4.14. The van der Waals surface area contributed by atoms with Gasteiger partial charge in [-0.05, 0) is 52.2 Å². The van der Waals surface area contributed by atoms with Crippen LogP contribution in [-0.4, -0.2) is 38.1 Å². The van der Waals surface area contributed by atoms with E-state index in [1.807, 2.05) is 31.2 Å². The van der Waals surface area contributed by atoms with Crippen LogP contribution >= 0.6 is 0 Å². The Bertz CT molecular complexity index is 454. The summed E-state index contributed by atoms with van der Waals surface area (Å²) in [4.78, 5) is 0. The van der Waals surface area contributed by atoms with E-state index < -0.39 is 0 Å². The lowest BCUT2D eigenvalue weighted by molar-refractivity contribution is 0.00578. The molecule has 0 radical (unpaired) electrons. The lowest BCUT2D eigenvalue weighted by Crippen LogP contribution is -2.41. The minimum absolute atomic E-state index is 0.0256. The molecular formula is C16H25BO4. The van der Waals surface area contributed by atoms with Crippen LogP contribution in [0.2, 0.25) is 0 Å². The Labute approximate surface area is 127 Å². The Morgan fingerprint density at radius 3 is 2.05 bits per heavy atom. The van der Waals surface area contributed by atoms with Gasteiger partial charge in [0.1, 0.15) is 11.9 Å². The standard InChI is InChI=1S/C16H25BO4/c1-12(11-18-6)19-14-9-7-13(8-10-14)17-20-15(2,3)16(4,5)21-17/h7-10,12H,11H2,1-6H3/t12-/m1/s1. The molecule has 0 saturated carbocycles. The second-order valence-corrected chi connectivity index (χ2v) is 6.54. The number of hydrogen-bond acceptors (Lipinski definition) is 4. The predicted molar refractivity (Wildman–Crippen MR) is 84.1 cm³/mol. The Kier molecular flexibility index (Phi) is 4.66. The Morgan fingerprint density at radius 2 is 1.57 bits per heavy atom. The SMILES string of the molecule is COC[C@@H](C)Oc1ccc(B2OC(C)(C)C(C)(C)O2)cc1. The molecule has 1 atom stereocenters. The van der Waals surface area contributed by atoms with Gasteiger partial charge in [0.05, 0.1) is 17.8 Å². The van der Waals surface area contributed by atoms with Crippen molar-refractivity contribution in [3.8, 4) is 5.75 Å². The molecule has 21 heavy (non-hydrogen) atoms. The second-order valence-electron chi connectivity index (χ2n) is 6.54. The molecule has 1 fully saturated rings. The Hall–Kier alpha value is -1.04. The molecule has 2 rings (SSSR count). The van der Waals surface area contributed by atoms with Crippen molar-refractivity contribution >= 4 is 12.6 Å². The minimum Gasteiger partial charge on any atom is -0.488 e. The van der Waals surface area contributed by atoms with E-state index in [4.69, 9.17) is 18.8 Å². The third kappa shape index (κ3) is 3.60. The maximum absolute atomic E-state index is 6.03. The van der Waals surface area contributed by atoms with Crippen molar-refractivity contribution in [3.05, 3.63) is 24.3 Å². The highest BCUT2D eigenvalue weighted by molar-refractivity contribution is 6.62. The Morgan fingerprint density at radius 1 is 1.05 bits per heavy atom. The topological polar surface area (TPSA) is 36.9 Å². The van der Waals surface area contributed by atoms with Crippen molar-refractivity contribution in [2.75, 3.05) is 13.7 Å². The van der Waals surface area contributed by atoms with Gasteiger partial charge in [0.25, 0.3) is 0 Å². The Balaban J connectivity index is 2.03. The minimum atomic E-state index is -0.333. The first-order chi connectivity index (χ1) is 9.75. The molecular weight excluding hydrogens is 267 g/mol. The van der Waals surface area contributed by atoms with Crippen molar-refractivity contribution < 1.29 is 18.8 Å². The van der Waals surface area contributed by atoms with Crippen LogP contribution in [0.5, 0.6) is 5.75 Å². The molecule has 0 aliphatic carbocycles. The van der Waals surface area contributed by atoms with E-state index >= 15 is 0 Å². The van der Waals surface area contributed by atoms with Crippen molar-refractivity contribution in [2.24, 2.45) is 0 Å². The maximum Gasteiger partial charge on any atom is 0.494 e. The van der Waals surface area contributed by atoms with Crippen LogP contribution in [0.3, 0.4) is 0 Å². The maximum atomic E-state index is 6.03. The molecule has 116 valence electrons. The molecule has 1 aromatic carbocycles. The van der Waals surface area contributed by atoms with Gasteiger partial charge >= 0.3 is 7.12 Å². The van der Waals surface area contributed by atoms with E-state index in [0.717, 1.165) is 11.2 Å². The monoisotopic (exact) mass is 292 g/mol. The summed E-state index contributed by atoms with van der Waals surface area (Å²) in [6.07, 6.45) is 0.0256. The molecule has 1 heterocycles. The zero-order valence-corrected chi connectivity index (χ0v) is 13.8. The number of rotatable bonds is 5. The highest BCUT2D eigenvalue weighted by Gasteiger charge is 2.51. The lowest BCUT2D eigenvalue weighted by Gasteiger charge is -2.32. The van der Waals surface area contributed by atoms with Crippen molar-refractivity contribution in [3.63, 3.8) is 0 Å². The summed E-state index contributed by atoms with van der Waals surface area (Å²) in [5.41, 5.74) is 0.361. The quantitative estimate of drug-likeness (QED) is 0.781. The number of methoxy groups -OCH3 is 1. The van der Waals surface area contributed by atoms with Gasteiger partial charge in [-0.3, -0.25) is 0 Å². The number of ether oxygens (including phenoxy) is 2. The fraction of sp³-hybridized carbons (Fsp3) is 0.625. The van der Waals surface area contributed by atoms with Gasteiger partial charge in [0, 0.05) is 7.11 Å². The smallest absolute Gasteiger partial charge is 0.488 e. The molecule has 4 nitrogen and oxygen atoms in total. The first-order valence-corrected chi connectivity index (χ1v) is 7.36. The molecule has 1 aliphatic heterocycles. The first kappa shape index (κ1) is 16.3. The van der Waals surface area contributed by atoms with Crippen LogP contribution in [0.25, 0.3) is 0 Å². The summed E-state index contributed by atoms with van der Waals surface area (Å²) in [6, 6.07) is 7.84. The summed E-state index contributed by atoms with van der Waals surface area (Å²) in [6.45, 7) is 10.8. The van der Waals surface area contributed by atoms with E-state index in [-0.39, 0.29) is 24.4 Å². The summed E-state index contributed by atoms with van der Waals surface area (Å²) in [5, 5.41) is 0. The summed E-state index contributed by atoms with van der Waals surface area (Å²) in [7, 11) is 1.33. The first-order valence-electron chi connectivity index (χ1n) is 7.36. The van der Waals surface area contributed by atoms with E-state index in [2.05, 4.69) is 27.7 Å². The number of hydrogen-bond donors (Lipinski definition) is 0. The van der Waals surface area contributed by atoms with Crippen LogP contribution in [0.15, 0.2) is 24.3 Å². The van der Waals surface area contributed by atoms with Crippen LogP contribution in [-0.2, 0) is 14.0 Å². The van der Waals surface area contributed by atoms with E-state index in [0.29, 0.717) is 6.61 Å². The van der Waals surface area contributed by atoms with E-state index in [9.17, 15) is 0 Å². The zero-order valence-electron chi connectivity index (χ0n) is 13.8. The third-order valence-corrected chi connectivity index (χ3v) is 4.14. The highest BCUT2D eigenvalue weighted by Crippen LogP contribution is 2.36. The van der Waals surface area contributed by atoms with E-state index in [1.54, 1.807) is 7.11 Å². The van der Waals surface area contributed by atoms with Crippen molar-refractivity contribution in [2.45, 2.75) is 51.9 Å². The van der Waals surface area contributed by atoms with Crippen LogP contribution < -0.4 is 10.2 Å². The number of benzene rings is 1. The lowest BCUT2D eigenvalue weighted by atomic mass is 9.79. The average molecular weight is 292 g/mol. The second kappa shape index (κ2) is 5.99.